The number of rotatable bonds is 4. The van der Waals surface area contributed by atoms with Gasteiger partial charge in [-0.15, -0.1) is 0 Å². The molecule has 26 heavy (non-hydrogen) atoms. The summed E-state index contributed by atoms with van der Waals surface area (Å²) in [6, 6.07) is 5.22. The minimum Gasteiger partial charge on any atom is -0.369 e. The summed E-state index contributed by atoms with van der Waals surface area (Å²) in [5.41, 5.74) is 0.779. The Morgan fingerprint density at radius 3 is 2.73 bits per heavy atom. The molecule has 1 aliphatic heterocycles. The molecule has 138 valence electrons. The molecule has 2 fully saturated rings. The maximum Gasteiger partial charge on any atom is 0.416 e. The SMILES string of the molecule is FC(F)(F)c1cccc(-c2nccnc2[C@@H]2CN(CC3CC3)CCO2)c1. The van der Waals surface area contributed by atoms with Gasteiger partial charge < -0.3 is 4.74 Å². The summed E-state index contributed by atoms with van der Waals surface area (Å²) >= 11 is 0. The molecule has 1 saturated heterocycles. The highest BCUT2D eigenvalue weighted by Gasteiger charge is 2.32. The molecule has 2 heterocycles. The summed E-state index contributed by atoms with van der Waals surface area (Å²) in [6.07, 6.45) is 0.965. The zero-order valence-corrected chi connectivity index (χ0v) is 14.2. The number of ether oxygens (including phenoxy) is 1. The molecule has 0 unspecified atom stereocenters. The predicted molar refractivity (Wildman–Crippen MR) is 90.3 cm³/mol. The number of halogens is 3. The van der Waals surface area contributed by atoms with E-state index in [9.17, 15) is 13.2 Å². The van der Waals surface area contributed by atoms with E-state index in [1.807, 2.05) is 0 Å². The summed E-state index contributed by atoms with van der Waals surface area (Å²) in [5.74, 6) is 0.776. The van der Waals surface area contributed by atoms with Crippen LogP contribution in [0.25, 0.3) is 11.3 Å². The quantitative estimate of drug-likeness (QED) is 0.825. The third-order valence-corrected chi connectivity index (χ3v) is 4.86. The number of benzene rings is 1. The van der Waals surface area contributed by atoms with Crippen LogP contribution < -0.4 is 0 Å². The van der Waals surface area contributed by atoms with Crippen molar-refractivity contribution in [1.29, 1.82) is 0 Å². The van der Waals surface area contributed by atoms with Gasteiger partial charge in [-0.2, -0.15) is 13.2 Å². The van der Waals surface area contributed by atoms with Crippen molar-refractivity contribution in [3.8, 4) is 11.3 Å². The Balaban J connectivity index is 1.62. The first-order valence-corrected chi connectivity index (χ1v) is 8.83. The number of hydrogen-bond donors (Lipinski definition) is 0. The zero-order chi connectivity index (χ0) is 18.1. The Morgan fingerprint density at radius 2 is 1.96 bits per heavy atom. The lowest BCUT2D eigenvalue weighted by Gasteiger charge is -2.33. The first kappa shape index (κ1) is 17.4. The Morgan fingerprint density at radius 1 is 1.15 bits per heavy atom. The molecule has 0 N–H and O–H groups in total. The van der Waals surface area contributed by atoms with E-state index in [4.69, 9.17) is 4.74 Å². The second kappa shape index (κ2) is 6.96. The van der Waals surface area contributed by atoms with E-state index in [2.05, 4.69) is 14.9 Å². The van der Waals surface area contributed by atoms with Gasteiger partial charge in [-0.3, -0.25) is 14.9 Å². The van der Waals surface area contributed by atoms with Gasteiger partial charge in [-0.1, -0.05) is 12.1 Å². The molecule has 1 aliphatic carbocycles. The van der Waals surface area contributed by atoms with Crippen LogP contribution in [0.2, 0.25) is 0 Å². The third kappa shape index (κ3) is 3.88. The van der Waals surface area contributed by atoms with E-state index >= 15 is 0 Å². The molecule has 1 aromatic heterocycles. The number of nitrogens with zero attached hydrogens (tertiary/aromatic N) is 3. The molecular weight excluding hydrogens is 343 g/mol. The van der Waals surface area contributed by atoms with Crippen molar-refractivity contribution in [2.24, 2.45) is 5.92 Å². The molecule has 4 nitrogen and oxygen atoms in total. The fourth-order valence-corrected chi connectivity index (χ4v) is 3.35. The van der Waals surface area contributed by atoms with Crippen LogP contribution in [0.5, 0.6) is 0 Å². The summed E-state index contributed by atoms with van der Waals surface area (Å²) in [4.78, 5) is 11.1. The molecule has 0 bridgehead atoms. The number of morpholine rings is 1. The van der Waals surface area contributed by atoms with Gasteiger partial charge in [0.25, 0.3) is 0 Å². The highest BCUT2D eigenvalue weighted by molar-refractivity contribution is 5.63. The smallest absolute Gasteiger partial charge is 0.369 e. The van der Waals surface area contributed by atoms with Crippen LogP contribution in [0.15, 0.2) is 36.7 Å². The first-order chi connectivity index (χ1) is 12.5. The molecule has 2 aliphatic rings. The molecule has 1 saturated carbocycles. The van der Waals surface area contributed by atoms with Gasteiger partial charge in [-0.05, 0) is 30.9 Å². The van der Waals surface area contributed by atoms with E-state index in [0.717, 1.165) is 31.1 Å². The normalized spacial score (nSPS) is 21.7. The maximum absolute atomic E-state index is 13.0. The van der Waals surface area contributed by atoms with Crippen LogP contribution in [0.4, 0.5) is 13.2 Å². The fourth-order valence-electron chi connectivity index (χ4n) is 3.35. The molecule has 0 amide bonds. The highest BCUT2D eigenvalue weighted by atomic mass is 19.4. The Kier molecular flexibility index (Phi) is 4.67. The van der Waals surface area contributed by atoms with Gasteiger partial charge in [0.05, 0.1) is 23.6 Å². The summed E-state index contributed by atoms with van der Waals surface area (Å²) in [6.45, 7) is 3.22. The van der Waals surface area contributed by atoms with Gasteiger partial charge >= 0.3 is 6.18 Å². The van der Waals surface area contributed by atoms with Crippen molar-refractivity contribution in [2.45, 2.75) is 25.1 Å². The van der Waals surface area contributed by atoms with Crippen molar-refractivity contribution in [3.05, 3.63) is 47.9 Å². The summed E-state index contributed by atoms with van der Waals surface area (Å²) < 4.78 is 45.0. The van der Waals surface area contributed by atoms with Crippen LogP contribution in [0.3, 0.4) is 0 Å². The molecule has 1 aromatic carbocycles. The van der Waals surface area contributed by atoms with Crippen LogP contribution >= 0.6 is 0 Å². The van der Waals surface area contributed by atoms with Gasteiger partial charge in [0.1, 0.15) is 6.10 Å². The molecule has 4 rings (SSSR count). The fraction of sp³-hybridized carbons (Fsp3) is 0.474. The van der Waals surface area contributed by atoms with Gasteiger partial charge in [0.15, 0.2) is 0 Å². The van der Waals surface area contributed by atoms with Crippen LogP contribution in [0, 0.1) is 5.92 Å². The standard InChI is InChI=1S/C19H20F3N3O/c20-19(21,22)15-3-1-2-14(10-15)17-18(24-7-6-23-17)16-12-25(8-9-26-16)11-13-4-5-13/h1-3,6-7,10,13,16H,4-5,8-9,11-12H2/t16-/m0/s1. The van der Waals surface area contributed by atoms with Crippen molar-refractivity contribution in [2.75, 3.05) is 26.2 Å². The first-order valence-electron chi connectivity index (χ1n) is 8.83. The lowest BCUT2D eigenvalue weighted by Crippen LogP contribution is -2.39. The van der Waals surface area contributed by atoms with Crippen LogP contribution in [-0.4, -0.2) is 41.1 Å². The molecule has 0 radical (unpaired) electrons. The van der Waals surface area contributed by atoms with Gasteiger partial charge in [-0.25, -0.2) is 0 Å². The topological polar surface area (TPSA) is 38.2 Å². The van der Waals surface area contributed by atoms with Gasteiger partial charge in [0.2, 0.25) is 0 Å². The third-order valence-electron chi connectivity index (χ3n) is 4.86. The Hall–Kier alpha value is -1.99. The average Bonchev–Trinajstić information content (AvgIpc) is 3.45. The molecule has 1 atom stereocenters. The van der Waals surface area contributed by atoms with Crippen molar-refractivity contribution < 1.29 is 17.9 Å². The Labute approximate surface area is 150 Å². The average molecular weight is 363 g/mol. The van der Waals surface area contributed by atoms with E-state index in [-0.39, 0.29) is 6.10 Å². The number of alkyl halides is 3. The largest absolute Gasteiger partial charge is 0.416 e. The zero-order valence-electron chi connectivity index (χ0n) is 14.2. The van der Waals surface area contributed by atoms with Crippen molar-refractivity contribution in [3.63, 3.8) is 0 Å². The predicted octanol–water partition coefficient (Wildman–Crippen LogP) is 3.95. The number of aromatic nitrogens is 2. The number of hydrogen-bond acceptors (Lipinski definition) is 4. The van der Waals surface area contributed by atoms with Crippen LogP contribution in [0.1, 0.15) is 30.2 Å². The minimum atomic E-state index is -4.39. The van der Waals surface area contributed by atoms with Crippen molar-refractivity contribution in [1.82, 2.24) is 14.9 Å². The van der Waals surface area contributed by atoms with Gasteiger partial charge in [0, 0.05) is 37.6 Å². The molecule has 0 spiro atoms. The lowest BCUT2D eigenvalue weighted by molar-refractivity contribution is -0.137. The maximum atomic E-state index is 13.0. The second-order valence-corrected chi connectivity index (χ2v) is 6.93. The monoisotopic (exact) mass is 363 g/mol. The second-order valence-electron chi connectivity index (χ2n) is 6.93. The lowest BCUT2D eigenvalue weighted by atomic mass is 10.0. The Bertz CT molecular complexity index is 777. The van der Waals surface area contributed by atoms with Crippen LogP contribution in [-0.2, 0) is 10.9 Å². The minimum absolute atomic E-state index is 0.277. The van der Waals surface area contributed by atoms with E-state index in [1.165, 1.54) is 25.1 Å². The summed E-state index contributed by atoms with van der Waals surface area (Å²) in [5, 5.41) is 0. The van der Waals surface area contributed by atoms with Crippen molar-refractivity contribution >= 4 is 0 Å². The molecule has 2 aromatic rings. The molecule has 7 heteroatoms. The highest BCUT2D eigenvalue weighted by Crippen LogP contribution is 2.35. The molecular formula is C19H20F3N3O. The summed E-state index contributed by atoms with van der Waals surface area (Å²) in [7, 11) is 0. The van der Waals surface area contributed by atoms with E-state index in [0.29, 0.717) is 30.1 Å². The van der Waals surface area contributed by atoms with E-state index < -0.39 is 11.7 Å². The van der Waals surface area contributed by atoms with E-state index in [1.54, 1.807) is 12.3 Å².